The van der Waals surface area contributed by atoms with E-state index in [9.17, 15) is 0 Å². The van der Waals surface area contributed by atoms with E-state index in [-0.39, 0.29) is 0 Å². The molecule has 0 saturated heterocycles. The van der Waals surface area contributed by atoms with Gasteiger partial charge in [0.15, 0.2) is 0 Å². The van der Waals surface area contributed by atoms with E-state index < -0.39 is 0 Å². The van der Waals surface area contributed by atoms with Crippen LogP contribution < -0.4 is 5.73 Å². The predicted octanol–water partition coefficient (Wildman–Crippen LogP) is 2.95. The molecule has 0 amide bonds. The number of hydrogen-bond donors (Lipinski definition) is 1. The Labute approximate surface area is 111 Å². The molecule has 0 aliphatic rings. The highest BCUT2D eigenvalue weighted by molar-refractivity contribution is 5.36. The fraction of sp³-hybridized carbons (Fsp3) is 0.500. The van der Waals surface area contributed by atoms with Gasteiger partial charge in [-0.15, -0.1) is 0 Å². The molecule has 18 heavy (non-hydrogen) atoms. The van der Waals surface area contributed by atoms with E-state index in [1.807, 2.05) is 12.1 Å². The summed E-state index contributed by atoms with van der Waals surface area (Å²) in [5.74, 6) is 6.53. The zero-order valence-corrected chi connectivity index (χ0v) is 11.4. The van der Waals surface area contributed by atoms with Crippen molar-refractivity contribution in [2.45, 2.75) is 33.3 Å². The summed E-state index contributed by atoms with van der Waals surface area (Å²) in [7, 11) is 0. The van der Waals surface area contributed by atoms with Crippen LogP contribution in [0.2, 0.25) is 0 Å². The van der Waals surface area contributed by atoms with Gasteiger partial charge in [0.05, 0.1) is 13.2 Å². The van der Waals surface area contributed by atoms with Gasteiger partial charge in [0.25, 0.3) is 0 Å². The smallest absolute Gasteiger partial charge is 0.0717 e. The van der Waals surface area contributed by atoms with Crippen LogP contribution in [-0.2, 0) is 11.3 Å². The number of rotatable bonds is 6. The molecule has 0 bridgehead atoms. The highest BCUT2D eigenvalue weighted by Crippen LogP contribution is 2.10. The van der Waals surface area contributed by atoms with E-state index in [4.69, 9.17) is 10.5 Å². The van der Waals surface area contributed by atoms with Gasteiger partial charge in [0.1, 0.15) is 0 Å². The third-order valence-electron chi connectivity index (χ3n) is 3.07. The summed E-state index contributed by atoms with van der Waals surface area (Å²) in [6.07, 6.45) is 2.37. The molecule has 0 aliphatic carbocycles. The first-order valence-corrected chi connectivity index (χ1v) is 6.65. The second-order valence-corrected chi connectivity index (χ2v) is 4.40. The highest BCUT2D eigenvalue weighted by atomic mass is 16.5. The van der Waals surface area contributed by atoms with Gasteiger partial charge < -0.3 is 10.5 Å². The first-order chi connectivity index (χ1) is 8.80. The third kappa shape index (κ3) is 5.35. The van der Waals surface area contributed by atoms with Gasteiger partial charge >= 0.3 is 0 Å². The second-order valence-electron chi connectivity index (χ2n) is 4.40. The Morgan fingerprint density at radius 3 is 2.39 bits per heavy atom. The van der Waals surface area contributed by atoms with Crippen LogP contribution in [0.4, 0.5) is 0 Å². The van der Waals surface area contributed by atoms with Crippen molar-refractivity contribution in [1.82, 2.24) is 0 Å². The average molecular weight is 245 g/mol. The summed E-state index contributed by atoms with van der Waals surface area (Å²) in [4.78, 5) is 0. The Balaban J connectivity index is 2.39. The molecular weight excluding hydrogens is 222 g/mol. The molecule has 0 aliphatic heterocycles. The summed E-state index contributed by atoms with van der Waals surface area (Å²) >= 11 is 0. The number of benzene rings is 1. The van der Waals surface area contributed by atoms with E-state index >= 15 is 0 Å². The van der Waals surface area contributed by atoms with Crippen molar-refractivity contribution in [3.05, 3.63) is 35.4 Å². The molecule has 2 nitrogen and oxygen atoms in total. The quantitative estimate of drug-likeness (QED) is 0.782. The van der Waals surface area contributed by atoms with Crippen molar-refractivity contribution in [2.24, 2.45) is 11.7 Å². The average Bonchev–Trinajstić information content (AvgIpc) is 2.42. The van der Waals surface area contributed by atoms with Crippen molar-refractivity contribution in [1.29, 1.82) is 0 Å². The minimum atomic E-state index is 0.403. The van der Waals surface area contributed by atoms with Gasteiger partial charge in [-0.3, -0.25) is 0 Å². The monoisotopic (exact) mass is 245 g/mol. The molecule has 0 fully saturated rings. The molecule has 0 heterocycles. The van der Waals surface area contributed by atoms with Crippen LogP contribution in [0, 0.1) is 17.8 Å². The lowest BCUT2D eigenvalue weighted by Crippen LogP contribution is -2.07. The number of ether oxygens (including phenoxy) is 1. The molecule has 0 spiro atoms. The highest BCUT2D eigenvalue weighted by Gasteiger charge is 2.03. The van der Waals surface area contributed by atoms with E-state index in [0.717, 1.165) is 12.2 Å². The Bertz CT molecular complexity index is 382. The third-order valence-corrected chi connectivity index (χ3v) is 3.07. The van der Waals surface area contributed by atoms with Crippen molar-refractivity contribution in [3.63, 3.8) is 0 Å². The minimum absolute atomic E-state index is 0.403. The fourth-order valence-electron chi connectivity index (χ4n) is 1.71. The molecule has 1 aromatic carbocycles. The normalized spacial score (nSPS) is 10.2. The molecule has 0 saturated carbocycles. The van der Waals surface area contributed by atoms with Gasteiger partial charge in [-0.25, -0.2) is 0 Å². The molecule has 0 radical (unpaired) electrons. The Kier molecular flexibility index (Phi) is 7.17. The Morgan fingerprint density at radius 2 is 1.83 bits per heavy atom. The van der Waals surface area contributed by atoms with Gasteiger partial charge in [0.2, 0.25) is 0 Å². The molecule has 1 rings (SSSR count). The van der Waals surface area contributed by atoms with Crippen LogP contribution in [0.3, 0.4) is 0 Å². The first-order valence-electron chi connectivity index (χ1n) is 6.65. The molecule has 0 aromatic heterocycles. The van der Waals surface area contributed by atoms with Crippen molar-refractivity contribution in [3.8, 4) is 11.8 Å². The van der Waals surface area contributed by atoms with Crippen LogP contribution in [0.5, 0.6) is 0 Å². The number of hydrogen-bond acceptors (Lipinski definition) is 2. The predicted molar refractivity (Wildman–Crippen MR) is 76.1 cm³/mol. The van der Waals surface area contributed by atoms with Crippen LogP contribution >= 0.6 is 0 Å². The fourth-order valence-corrected chi connectivity index (χ4v) is 1.71. The molecule has 0 unspecified atom stereocenters. The largest absolute Gasteiger partial charge is 0.376 e. The van der Waals surface area contributed by atoms with Gasteiger partial charge in [0, 0.05) is 12.2 Å². The van der Waals surface area contributed by atoms with Gasteiger partial charge in [-0.2, -0.15) is 0 Å². The van der Waals surface area contributed by atoms with Gasteiger partial charge in [-0.05, 0) is 23.6 Å². The maximum absolute atomic E-state index is 5.73. The van der Waals surface area contributed by atoms with E-state index in [1.54, 1.807) is 0 Å². The molecule has 2 heteroatoms. The lowest BCUT2D eigenvalue weighted by atomic mass is 10.1. The molecule has 1 aromatic rings. The van der Waals surface area contributed by atoms with Crippen LogP contribution in [0.25, 0.3) is 0 Å². The van der Waals surface area contributed by atoms with Crippen molar-refractivity contribution >= 4 is 0 Å². The van der Waals surface area contributed by atoms with E-state index in [2.05, 4.69) is 37.8 Å². The van der Waals surface area contributed by atoms with E-state index in [1.165, 1.54) is 18.4 Å². The maximum Gasteiger partial charge on any atom is 0.0717 e. The summed E-state index contributed by atoms with van der Waals surface area (Å²) in [5.41, 5.74) is 7.53. The van der Waals surface area contributed by atoms with Crippen LogP contribution in [0.1, 0.15) is 37.8 Å². The summed E-state index contributed by atoms with van der Waals surface area (Å²) < 4.78 is 5.73. The van der Waals surface area contributed by atoms with E-state index in [0.29, 0.717) is 19.1 Å². The minimum Gasteiger partial charge on any atom is -0.376 e. The van der Waals surface area contributed by atoms with Crippen molar-refractivity contribution < 1.29 is 4.74 Å². The standard InChI is InChI=1S/C16H23NO/c1-3-14(4-2)12-18-13-16-9-7-15(8-10-16)6-5-11-17/h7-10,14H,3-4,11-13,17H2,1-2H3. The molecule has 2 N–H and O–H groups in total. The first kappa shape index (κ1) is 14.8. The number of nitrogens with two attached hydrogens (primary N) is 1. The van der Waals surface area contributed by atoms with Crippen LogP contribution in [0.15, 0.2) is 24.3 Å². The lowest BCUT2D eigenvalue weighted by molar-refractivity contribution is 0.0843. The summed E-state index contributed by atoms with van der Waals surface area (Å²) in [6, 6.07) is 8.15. The zero-order chi connectivity index (χ0) is 13.2. The maximum atomic E-state index is 5.73. The van der Waals surface area contributed by atoms with Crippen molar-refractivity contribution in [2.75, 3.05) is 13.2 Å². The lowest BCUT2D eigenvalue weighted by Gasteiger charge is -2.12. The Morgan fingerprint density at radius 1 is 1.17 bits per heavy atom. The summed E-state index contributed by atoms with van der Waals surface area (Å²) in [6.45, 7) is 6.36. The van der Waals surface area contributed by atoms with Gasteiger partial charge in [-0.1, -0.05) is 50.7 Å². The van der Waals surface area contributed by atoms with Crippen LogP contribution in [-0.4, -0.2) is 13.2 Å². The SMILES string of the molecule is CCC(CC)COCc1ccc(C#CCN)cc1. The Hall–Kier alpha value is -1.30. The topological polar surface area (TPSA) is 35.2 Å². The second kappa shape index (κ2) is 8.74. The molecule has 0 atom stereocenters. The molecule has 98 valence electrons. The zero-order valence-electron chi connectivity index (χ0n) is 11.4. The summed E-state index contributed by atoms with van der Waals surface area (Å²) in [5, 5.41) is 0. The molecular formula is C16H23NO.